The molecule has 0 aromatic heterocycles. The second-order valence-electron chi connectivity index (χ2n) is 5.79. The van der Waals surface area contributed by atoms with Gasteiger partial charge in [-0.2, -0.15) is 0 Å². The van der Waals surface area contributed by atoms with E-state index in [4.69, 9.17) is 0 Å². The number of hydrogen-bond acceptors (Lipinski definition) is 1. The molecule has 0 aliphatic heterocycles. The lowest BCUT2D eigenvalue weighted by atomic mass is 10.0. The van der Waals surface area contributed by atoms with Gasteiger partial charge in [0, 0.05) is 11.6 Å². The topological polar surface area (TPSA) is 29.1 Å². The number of carbonyl (C=O) groups excluding carboxylic acids is 1. The lowest BCUT2D eigenvalue weighted by Crippen LogP contribution is -2.17. The van der Waals surface area contributed by atoms with E-state index in [9.17, 15) is 4.79 Å². The zero-order valence-electron chi connectivity index (χ0n) is 12.8. The van der Waals surface area contributed by atoms with E-state index in [2.05, 4.69) is 47.8 Å². The third-order valence-corrected chi connectivity index (χ3v) is 3.74. The summed E-state index contributed by atoms with van der Waals surface area (Å²) >= 11 is 0. The maximum absolute atomic E-state index is 11.7. The molecule has 0 radical (unpaired) electrons. The van der Waals surface area contributed by atoms with Crippen molar-refractivity contribution in [1.82, 2.24) is 0 Å². The number of amides is 1. The third-order valence-electron chi connectivity index (χ3n) is 3.74. The van der Waals surface area contributed by atoms with Gasteiger partial charge in [-0.05, 0) is 40.5 Å². The molecule has 1 aliphatic rings. The molecule has 2 aromatic carbocycles. The number of fused-ring (bicyclic) bond motifs is 1. The first-order valence-electron chi connectivity index (χ1n) is 7.53. The summed E-state index contributed by atoms with van der Waals surface area (Å²) in [6, 6.07) is 16.3. The first-order valence-corrected chi connectivity index (χ1v) is 7.53. The molecule has 22 heavy (non-hydrogen) atoms. The van der Waals surface area contributed by atoms with Crippen LogP contribution in [0.25, 0.3) is 17.7 Å². The van der Waals surface area contributed by atoms with Gasteiger partial charge >= 0.3 is 0 Å². The molecule has 0 heterocycles. The number of nitrogens with one attached hydrogen (secondary N) is 1. The van der Waals surface area contributed by atoms with Crippen molar-refractivity contribution in [3.05, 3.63) is 71.3 Å². The molecule has 0 saturated heterocycles. The van der Waals surface area contributed by atoms with Crippen LogP contribution in [0.5, 0.6) is 0 Å². The van der Waals surface area contributed by atoms with Crippen LogP contribution < -0.4 is 5.32 Å². The fraction of sp³-hybridized carbons (Fsp3) is 0.150. The van der Waals surface area contributed by atoms with Crippen molar-refractivity contribution < 1.29 is 4.79 Å². The van der Waals surface area contributed by atoms with E-state index >= 15 is 0 Å². The zero-order chi connectivity index (χ0) is 15.5. The van der Waals surface area contributed by atoms with Crippen LogP contribution >= 0.6 is 0 Å². The van der Waals surface area contributed by atoms with Gasteiger partial charge in [0.05, 0.1) is 0 Å². The molecular weight excluding hydrogens is 270 g/mol. The van der Waals surface area contributed by atoms with Crippen molar-refractivity contribution in [3.8, 4) is 0 Å². The molecule has 0 unspecified atom stereocenters. The minimum absolute atomic E-state index is 0.0121. The number of benzene rings is 2. The van der Waals surface area contributed by atoms with Crippen LogP contribution in [0.4, 0.5) is 5.69 Å². The van der Waals surface area contributed by atoms with Crippen LogP contribution in [0.15, 0.2) is 54.6 Å². The minimum Gasteiger partial charge on any atom is -0.326 e. The number of rotatable bonds is 3. The lowest BCUT2D eigenvalue weighted by Gasteiger charge is -2.08. The van der Waals surface area contributed by atoms with Gasteiger partial charge in [-0.3, -0.25) is 4.79 Å². The Morgan fingerprint density at radius 3 is 2.45 bits per heavy atom. The Hall–Kier alpha value is -2.61. The normalized spacial score (nSPS) is 14.4. The molecule has 0 fully saturated rings. The van der Waals surface area contributed by atoms with Gasteiger partial charge in [-0.25, -0.2) is 0 Å². The van der Waals surface area contributed by atoms with E-state index in [0.29, 0.717) is 0 Å². The maximum atomic E-state index is 11.7. The molecule has 0 saturated carbocycles. The smallest absolute Gasteiger partial charge is 0.226 e. The highest BCUT2D eigenvalue weighted by Gasteiger charge is 2.09. The Morgan fingerprint density at radius 2 is 1.73 bits per heavy atom. The molecule has 1 aliphatic carbocycles. The van der Waals surface area contributed by atoms with Gasteiger partial charge in [0.15, 0.2) is 0 Å². The van der Waals surface area contributed by atoms with Crippen molar-refractivity contribution in [2.24, 2.45) is 5.92 Å². The summed E-state index contributed by atoms with van der Waals surface area (Å²) in [6.45, 7) is 3.77. The summed E-state index contributed by atoms with van der Waals surface area (Å²) in [6.07, 6.45) is 6.44. The zero-order valence-corrected chi connectivity index (χ0v) is 12.8. The standard InChI is InChI=1S/C20H19NO/c1-14(2)20(22)21-18-11-7-15(8-12-18)13-17-10-9-16-5-3-4-6-19(16)17/h3-14H,1-2H3,(H,21,22)/b17-13-. The van der Waals surface area contributed by atoms with Crippen molar-refractivity contribution in [2.45, 2.75) is 13.8 Å². The summed E-state index contributed by atoms with van der Waals surface area (Å²) in [5, 5.41) is 2.90. The van der Waals surface area contributed by atoms with E-state index in [0.717, 1.165) is 11.3 Å². The quantitative estimate of drug-likeness (QED) is 0.860. The van der Waals surface area contributed by atoms with Crippen LogP contribution in [-0.2, 0) is 4.79 Å². The molecule has 1 amide bonds. The van der Waals surface area contributed by atoms with Gasteiger partial charge in [0.1, 0.15) is 0 Å². The monoisotopic (exact) mass is 289 g/mol. The average Bonchev–Trinajstić information content (AvgIpc) is 2.92. The molecule has 0 bridgehead atoms. The number of allylic oxidation sites excluding steroid dienone is 2. The Morgan fingerprint density at radius 1 is 1.00 bits per heavy atom. The van der Waals surface area contributed by atoms with Crippen molar-refractivity contribution in [2.75, 3.05) is 5.32 Å². The first-order chi connectivity index (χ1) is 10.6. The van der Waals surface area contributed by atoms with Gasteiger partial charge in [0.25, 0.3) is 0 Å². The molecule has 2 aromatic rings. The molecule has 0 atom stereocenters. The highest BCUT2D eigenvalue weighted by atomic mass is 16.1. The molecule has 110 valence electrons. The van der Waals surface area contributed by atoms with E-state index in [-0.39, 0.29) is 11.8 Å². The molecule has 3 rings (SSSR count). The van der Waals surface area contributed by atoms with Crippen molar-refractivity contribution >= 4 is 29.3 Å². The molecular formula is C20H19NO. The van der Waals surface area contributed by atoms with Gasteiger partial charge in [-0.1, -0.05) is 62.4 Å². The predicted octanol–water partition coefficient (Wildman–Crippen LogP) is 4.85. The molecule has 1 N–H and O–H groups in total. The van der Waals surface area contributed by atoms with Crippen LogP contribution in [-0.4, -0.2) is 5.91 Å². The summed E-state index contributed by atoms with van der Waals surface area (Å²) in [5.41, 5.74) is 5.70. The highest BCUT2D eigenvalue weighted by Crippen LogP contribution is 2.30. The third kappa shape index (κ3) is 3.01. The van der Waals surface area contributed by atoms with Crippen LogP contribution in [0.3, 0.4) is 0 Å². The van der Waals surface area contributed by atoms with Crippen LogP contribution in [0, 0.1) is 5.92 Å². The first kappa shape index (κ1) is 14.3. The van der Waals surface area contributed by atoms with Crippen molar-refractivity contribution in [1.29, 1.82) is 0 Å². The summed E-state index contributed by atoms with van der Waals surface area (Å²) in [4.78, 5) is 11.7. The van der Waals surface area contributed by atoms with Crippen LogP contribution in [0.1, 0.15) is 30.5 Å². The van der Waals surface area contributed by atoms with E-state index in [1.54, 1.807) is 0 Å². The molecule has 0 spiro atoms. The number of anilines is 1. The van der Waals surface area contributed by atoms with Crippen molar-refractivity contribution in [3.63, 3.8) is 0 Å². The second kappa shape index (κ2) is 6.02. The maximum Gasteiger partial charge on any atom is 0.226 e. The largest absolute Gasteiger partial charge is 0.326 e. The Bertz CT molecular complexity index is 752. The molecule has 2 nitrogen and oxygen atoms in total. The Balaban J connectivity index is 1.79. The summed E-state index contributed by atoms with van der Waals surface area (Å²) in [7, 11) is 0. The Kier molecular flexibility index (Phi) is 3.92. The van der Waals surface area contributed by atoms with Crippen LogP contribution in [0.2, 0.25) is 0 Å². The highest BCUT2D eigenvalue weighted by molar-refractivity contribution is 5.98. The SMILES string of the molecule is CC(C)C(=O)Nc1ccc(/C=C2/C=Cc3ccccc32)cc1. The number of hydrogen-bond donors (Lipinski definition) is 1. The fourth-order valence-electron chi connectivity index (χ4n) is 2.43. The Labute approximate surface area is 131 Å². The average molecular weight is 289 g/mol. The van der Waals surface area contributed by atoms with E-state index in [1.165, 1.54) is 16.7 Å². The second-order valence-corrected chi connectivity index (χ2v) is 5.79. The summed E-state index contributed by atoms with van der Waals surface area (Å²) in [5.74, 6) is 0.0284. The fourth-order valence-corrected chi connectivity index (χ4v) is 2.43. The predicted molar refractivity (Wildman–Crippen MR) is 93.3 cm³/mol. The lowest BCUT2D eigenvalue weighted by molar-refractivity contribution is -0.118. The van der Waals surface area contributed by atoms with Gasteiger partial charge < -0.3 is 5.32 Å². The van der Waals surface area contributed by atoms with Gasteiger partial charge in [0.2, 0.25) is 5.91 Å². The van der Waals surface area contributed by atoms with Gasteiger partial charge in [-0.15, -0.1) is 0 Å². The van der Waals surface area contributed by atoms with E-state index in [1.807, 2.05) is 38.1 Å². The molecule has 2 heteroatoms. The summed E-state index contributed by atoms with van der Waals surface area (Å²) < 4.78 is 0. The number of carbonyl (C=O) groups is 1. The minimum atomic E-state index is -0.0121. The van der Waals surface area contributed by atoms with E-state index < -0.39 is 0 Å².